The predicted octanol–water partition coefficient (Wildman–Crippen LogP) is 0.0750. The summed E-state index contributed by atoms with van der Waals surface area (Å²) in [7, 11) is 0. The van der Waals surface area contributed by atoms with Gasteiger partial charge in [0.2, 0.25) is 0 Å². The third-order valence-corrected chi connectivity index (χ3v) is 5.27. The standard InChI is InChI=1S/C10H19NO4.C10H10.C6H11NO2.C2H4O.K/c12-4-7-14-9-8-13-5-1-2-10-11-3-6-15-10;1-2-6-10-8-4-3-7-9(10)5-1;8-4-1-2-6-7-3-5-9-6;1-2-3-1;/h12H,1-9H2;1-3,5-7H,4,8H2;8H,1-5H2;1-2H2;/q;;;;+1. The quantitative estimate of drug-likeness (QED) is 0.212. The monoisotopic (exact) mass is 559 g/mol. The van der Waals surface area contributed by atoms with Gasteiger partial charge in [-0.15, -0.1) is 0 Å². The zero-order valence-corrected chi connectivity index (χ0v) is 26.1. The average Bonchev–Trinajstić information content (AvgIpc) is 3.56. The molecule has 2 N–H and O–H groups in total. The molecule has 10 heteroatoms. The van der Waals surface area contributed by atoms with Gasteiger partial charge in [0, 0.05) is 26.1 Å². The molecule has 0 unspecified atom stereocenters. The molecule has 1 aromatic carbocycles. The molecule has 3 heterocycles. The van der Waals surface area contributed by atoms with E-state index in [2.05, 4.69) is 51.1 Å². The van der Waals surface area contributed by atoms with Crippen LogP contribution in [0.4, 0.5) is 0 Å². The topological polar surface area (TPSA) is 115 Å². The number of benzene rings is 1. The fraction of sp³-hybridized carbons (Fsp3) is 0.643. The first-order valence-corrected chi connectivity index (χ1v) is 13.3. The Morgan fingerprint density at radius 2 is 1.39 bits per heavy atom. The number of epoxide rings is 1. The van der Waals surface area contributed by atoms with Gasteiger partial charge in [-0.1, -0.05) is 36.4 Å². The smallest absolute Gasteiger partial charge is 0.479 e. The Morgan fingerprint density at radius 3 is 1.95 bits per heavy atom. The normalized spacial score (nSPS) is 15.8. The molecule has 0 amide bonds. The van der Waals surface area contributed by atoms with Gasteiger partial charge in [-0.2, -0.15) is 0 Å². The van der Waals surface area contributed by atoms with E-state index in [1.54, 1.807) is 0 Å². The molecule has 38 heavy (non-hydrogen) atoms. The maximum Gasteiger partial charge on any atom is 1.00 e. The first-order valence-electron chi connectivity index (χ1n) is 13.3. The Balaban J connectivity index is 0.000000274. The molecule has 0 bridgehead atoms. The Morgan fingerprint density at radius 1 is 0.763 bits per heavy atom. The Kier molecular flexibility index (Phi) is 23.6. The average molecular weight is 560 g/mol. The second kappa shape index (κ2) is 25.3. The first kappa shape index (κ1) is 35.4. The first-order chi connectivity index (χ1) is 18.3. The van der Waals surface area contributed by atoms with E-state index >= 15 is 0 Å². The van der Waals surface area contributed by atoms with Crippen molar-refractivity contribution in [2.45, 2.75) is 38.5 Å². The Bertz CT molecular complexity index is 800. The van der Waals surface area contributed by atoms with Gasteiger partial charge in [-0.25, -0.2) is 0 Å². The number of aliphatic hydroxyl groups is 2. The molecule has 1 aromatic rings. The van der Waals surface area contributed by atoms with Gasteiger partial charge in [0.25, 0.3) is 0 Å². The van der Waals surface area contributed by atoms with Crippen LogP contribution in [0.5, 0.6) is 0 Å². The molecule has 4 aliphatic rings. The Labute approximate surface area is 270 Å². The molecule has 9 nitrogen and oxygen atoms in total. The van der Waals surface area contributed by atoms with Crippen LogP contribution in [0.15, 0.2) is 40.3 Å². The van der Waals surface area contributed by atoms with Crippen LogP contribution < -0.4 is 51.4 Å². The SMILES string of the molecule is C1=Cc2ccccc2CC1.C1CO1.OCCCC1=NCCO1.OCCOCCOCCCC1=NCCO1.[K+]. The number of fused-ring (bicyclic) bond motifs is 1. The van der Waals surface area contributed by atoms with Crippen molar-refractivity contribution < 1.29 is 85.3 Å². The van der Waals surface area contributed by atoms with Crippen LogP contribution in [-0.4, -0.2) is 101 Å². The number of aliphatic hydroxyl groups excluding tert-OH is 2. The number of hydrogen-bond donors (Lipinski definition) is 2. The van der Waals surface area contributed by atoms with E-state index in [1.807, 2.05) is 0 Å². The van der Waals surface area contributed by atoms with E-state index in [-0.39, 0.29) is 64.6 Å². The van der Waals surface area contributed by atoms with Gasteiger partial charge in [0.1, 0.15) is 13.2 Å². The summed E-state index contributed by atoms with van der Waals surface area (Å²) in [4.78, 5) is 8.24. The molecule has 0 saturated carbocycles. The maximum absolute atomic E-state index is 8.44. The number of ether oxygens (including phenoxy) is 5. The van der Waals surface area contributed by atoms with E-state index in [4.69, 9.17) is 29.2 Å². The van der Waals surface area contributed by atoms with E-state index in [9.17, 15) is 0 Å². The molecule has 0 atom stereocenters. The molecule has 1 fully saturated rings. The molecule has 3 aliphatic heterocycles. The van der Waals surface area contributed by atoms with Gasteiger partial charge in [-0.05, 0) is 36.8 Å². The summed E-state index contributed by atoms with van der Waals surface area (Å²) in [6.07, 6.45) is 10.2. The van der Waals surface area contributed by atoms with Crippen LogP contribution in [0.2, 0.25) is 0 Å². The number of aryl methyl sites for hydroxylation is 1. The van der Waals surface area contributed by atoms with Gasteiger partial charge >= 0.3 is 51.4 Å². The zero-order chi connectivity index (χ0) is 26.2. The largest absolute Gasteiger partial charge is 1.00 e. The van der Waals surface area contributed by atoms with Crippen LogP contribution >= 0.6 is 0 Å². The molecular formula is C28H44KN2O7+. The van der Waals surface area contributed by atoms with Gasteiger partial charge in [0.15, 0.2) is 11.8 Å². The minimum atomic E-state index is 0. The number of allylic oxidation sites excluding steroid dienone is 1. The number of aliphatic imine (C=N–C) groups is 2. The Hall–Kier alpha value is -0.664. The van der Waals surface area contributed by atoms with Crippen LogP contribution in [0.1, 0.15) is 43.2 Å². The summed E-state index contributed by atoms with van der Waals surface area (Å²) in [6, 6.07) is 8.58. The van der Waals surface area contributed by atoms with Gasteiger partial charge < -0.3 is 33.9 Å². The van der Waals surface area contributed by atoms with Crippen molar-refractivity contribution in [1.29, 1.82) is 0 Å². The molecule has 0 radical (unpaired) electrons. The number of nitrogens with zero attached hydrogens (tertiary/aromatic N) is 2. The van der Waals surface area contributed by atoms with Crippen LogP contribution in [-0.2, 0) is 30.1 Å². The van der Waals surface area contributed by atoms with E-state index in [0.717, 1.165) is 77.0 Å². The second-order valence-electron chi connectivity index (χ2n) is 8.38. The molecule has 1 aliphatic carbocycles. The van der Waals surface area contributed by atoms with Crippen molar-refractivity contribution >= 4 is 17.9 Å². The van der Waals surface area contributed by atoms with Crippen LogP contribution in [0.3, 0.4) is 0 Å². The third kappa shape index (κ3) is 19.4. The minimum absolute atomic E-state index is 0. The molecular weight excluding hydrogens is 515 g/mol. The molecule has 0 aromatic heterocycles. The summed E-state index contributed by atoms with van der Waals surface area (Å²) in [5, 5.41) is 16.9. The number of hydrogen-bond acceptors (Lipinski definition) is 9. The zero-order valence-electron chi connectivity index (χ0n) is 23.0. The van der Waals surface area contributed by atoms with Gasteiger partial charge in [-0.3, -0.25) is 9.98 Å². The second-order valence-corrected chi connectivity index (χ2v) is 8.38. The van der Waals surface area contributed by atoms with Crippen molar-refractivity contribution in [2.24, 2.45) is 9.98 Å². The van der Waals surface area contributed by atoms with E-state index < -0.39 is 0 Å². The summed E-state index contributed by atoms with van der Waals surface area (Å²) in [5.74, 6) is 1.67. The summed E-state index contributed by atoms with van der Waals surface area (Å²) in [6.45, 7) is 7.53. The molecule has 1 saturated heterocycles. The van der Waals surface area contributed by atoms with Crippen LogP contribution in [0.25, 0.3) is 6.08 Å². The van der Waals surface area contributed by atoms with Crippen molar-refractivity contribution in [3.8, 4) is 0 Å². The van der Waals surface area contributed by atoms with Crippen molar-refractivity contribution in [2.75, 3.05) is 79.2 Å². The fourth-order valence-electron chi connectivity index (χ4n) is 3.38. The summed E-state index contributed by atoms with van der Waals surface area (Å²) < 4.78 is 25.2. The maximum atomic E-state index is 8.44. The summed E-state index contributed by atoms with van der Waals surface area (Å²) >= 11 is 0. The van der Waals surface area contributed by atoms with E-state index in [0.29, 0.717) is 26.4 Å². The van der Waals surface area contributed by atoms with Crippen LogP contribution in [0, 0.1) is 0 Å². The molecule has 208 valence electrons. The molecule has 0 spiro atoms. The van der Waals surface area contributed by atoms with Crippen molar-refractivity contribution in [3.63, 3.8) is 0 Å². The predicted molar refractivity (Wildman–Crippen MR) is 145 cm³/mol. The molecule has 5 rings (SSSR count). The fourth-order valence-corrected chi connectivity index (χ4v) is 3.38. The summed E-state index contributed by atoms with van der Waals surface area (Å²) in [5.41, 5.74) is 2.89. The van der Waals surface area contributed by atoms with Gasteiger partial charge in [0.05, 0.1) is 52.7 Å². The van der Waals surface area contributed by atoms with E-state index in [1.165, 1.54) is 24.0 Å². The van der Waals surface area contributed by atoms with Crippen molar-refractivity contribution in [1.82, 2.24) is 0 Å². The third-order valence-electron chi connectivity index (χ3n) is 5.27. The minimum Gasteiger partial charge on any atom is -0.479 e. The van der Waals surface area contributed by atoms with Crippen molar-refractivity contribution in [3.05, 3.63) is 41.5 Å². The number of rotatable bonds is 12.